The summed E-state index contributed by atoms with van der Waals surface area (Å²) in [7, 11) is 2.12. The highest BCUT2D eigenvalue weighted by Gasteiger charge is 2.32. The molecule has 118 valence electrons. The van der Waals surface area contributed by atoms with Crippen molar-refractivity contribution < 1.29 is 5.11 Å². The molecule has 0 spiro atoms. The molecule has 3 heteroatoms. The molecular formula is C20H22N2O. The van der Waals surface area contributed by atoms with E-state index in [0.717, 1.165) is 42.9 Å². The van der Waals surface area contributed by atoms with Gasteiger partial charge in [-0.2, -0.15) is 0 Å². The highest BCUT2D eigenvalue weighted by Crippen LogP contribution is 2.41. The molecule has 2 aromatic rings. The second-order valence-corrected chi connectivity index (χ2v) is 6.44. The third-order valence-corrected chi connectivity index (χ3v) is 5.01. The molecule has 2 aliphatic heterocycles. The summed E-state index contributed by atoms with van der Waals surface area (Å²) >= 11 is 0. The predicted octanol–water partition coefficient (Wildman–Crippen LogP) is 3.33. The Kier molecular flexibility index (Phi) is 3.68. The lowest BCUT2D eigenvalue weighted by Crippen LogP contribution is -2.39. The summed E-state index contributed by atoms with van der Waals surface area (Å²) < 4.78 is 0. The van der Waals surface area contributed by atoms with Crippen LogP contribution in [0.2, 0.25) is 0 Å². The molecule has 4 rings (SSSR count). The van der Waals surface area contributed by atoms with Crippen LogP contribution in [-0.2, 0) is 6.54 Å². The number of anilines is 1. The molecule has 0 bridgehead atoms. The fraction of sp³-hybridized carbons (Fsp3) is 0.300. The smallest absolute Gasteiger partial charge is 0.105 e. The molecule has 23 heavy (non-hydrogen) atoms. The van der Waals surface area contributed by atoms with Gasteiger partial charge in [-0.3, -0.25) is 4.90 Å². The van der Waals surface area contributed by atoms with Crippen LogP contribution in [0.1, 0.15) is 23.7 Å². The zero-order valence-corrected chi connectivity index (χ0v) is 13.4. The Morgan fingerprint density at radius 3 is 2.61 bits per heavy atom. The molecule has 3 nitrogen and oxygen atoms in total. The molecule has 0 radical (unpaired) electrons. The summed E-state index contributed by atoms with van der Waals surface area (Å²) in [6, 6.07) is 18.7. The van der Waals surface area contributed by atoms with Crippen molar-refractivity contribution in [2.24, 2.45) is 0 Å². The minimum atomic E-state index is -0.476. The molecule has 1 atom stereocenters. The minimum Gasteiger partial charge on any atom is -0.384 e. The second kappa shape index (κ2) is 5.84. The van der Waals surface area contributed by atoms with Crippen molar-refractivity contribution in [3.63, 3.8) is 0 Å². The first-order chi connectivity index (χ1) is 11.2. The van der Waals surface area contributed by atoms with Gasteiger partial charge in [0.2, 0.25) is 0 Å². The zero-order chi connectivity index (χ0) is 15.8. The monoisotopic (exact) mass is 306 g/mol. The maximum absolute atomic E-state index is 10.8. The molecule has 0 saturated heterocycles. The van der Waals surface area contributed by atoms with Crippen molar-refractivity contribution in [1.29, 1.82) is 0 Å². The van der Waals surface area contributed by atoms with E-state index in [4.69, 9.17) is 0 Å². The first-order valence-corrected chi connectivity index (χ1v) is 8.23. The predicted molar refractivity (Wildman–Crippen MR) is 93.2 cm³/mol. The molecular weight excluding hydrogens is 284 g/mol. The Labute approximate surface area is 137 Å². The number of hydrogen-bond acceptors (Lipinski definition) is 3. The summed E-state index contributed by atoms with van der Waals surface area (Å²) in [6.07, 6.45) is 0.514. The molecule has 2 aliphatic rings. The van der Waals surface area contributed by atoms with Gasteiger partial charge in [0.15, 0.2) is 0 Å². The van der Waals surface area contributed by atoms with Crippen LogP contribution in [-0.4, -0.2) is 30.1 Å². The van der Waals surface area contributed by atoms with E-state index in [2.05, 4.69) is 53.2 Å². The average molecular weight is 306 g/mol. The molecule has 2 aromatic carbocycles. The maximum Gasteiger partial charge on any atom is 0.105 e. The number of hydrogen-bond donors (Lipinski definition) is 1. The first kappa shape index (κ1) is 14.5. The fourth-order valence-corrected chi connectivity index (χ4v) is 3.80. The van der Waals surface area contributed by atoms with Gasteiger partial charge < -0.3 is 10.0 Å². The molecule has 0 saturated carbocycles. The number of rotatable bonds is 2. The van der Waals surface area contributed by atoms with Crippen LogP contribution in [0, 0.1) is 0 Å². The average Bonchev–Trinajstić information content (AvgIpc) is 2.60. The topological polar surface area (TPSA) is 26.7 Å². The van der Waals surface area contributed by atoms with E-state index >= 15 is 0 Å². The standard InChI is InChI=1S/C20H22N2O/c1-21-18-10-6-5-9-16(18)20(23)17-14-22(12-11-19(17)21)13-15-7-3-2-4-8-15/h2-10,20,23H,11-14H2,1H3. The van der Waals surface area contributed by atoms with Gasteiger partial charge in [0.1, 0.15) is 6.10 Å². The van der Waals surface area contributed by atoms with Crippen LogP contribution in [0.4, 0.5) is 5.69 Å². The summed E-state index contributed by atoms with van der Waals surface area (Å²) in [5, 5.41) is 10.8. The molecule has 1 unspecified atom stereocenters. The van der Waals surface area contributed by atoms with Gasteiger partial charge in [-0.05, 0) is 17.2 Å². The van der Waals surface area contributed by atoms with Gasteiger partial charge in [-0.25, -0.2) is 0 Å². The van der Waals surface area contributed by atoms with E-state index in [0.29, 0.717) is 0 Å². The number of aliphatic hydroxyl groups is 1. The van der Waals surface area contributed by atoms with Crippen molar-refractivity contribution >= 4 is 5.69 Å². The van der Waals surface area contributed by atoms with Crippen LogP contribution >= 0.6 is 0 Å². The largest absolute Gasteiger partial charge is 0.384 e. The zero-order valence-electron chi connectivity index (χ0n) is 13.4. The van der Waals surface area contributed by atoms with E-state index in [1.54, 1.807) is 0 Å². The van der Waals surface area contributed by atoms with Crippen LogP contribution in [0.5, 0.6) is 0 Å². The van der Waals surface area contributed by atoms with Gasteiger partial charge in [-0.15, -0.1) is 0 Å². The number of aliphatic hydroxyl groups excluding tert-OH is 1. The maximum atomic E-state index is 10.8. The normalized spacial score (nSPS) is 21.1. The Hall–Kier alpha value is -2.10. The van der Waals surface area contributed by atoms with Crippen molar-refractivity contribution in [2.45, 2.75) is 19.1 Å². The summed E-state index contributed by atoms with van der Waals surface area (Å²) in [5.74, 6) is 0. The van der Waals surface area contributed by atoms with Gasteiger partial charge in [0, 0.05) is 50.1 Å². The number of nitrogens with zero attached hydrogens (tertiary/aromatic N) is 2. The Morgan fingerprint density at radius 2 is 1.78 bits per heavy atom. The SMILES string of the molecule is CN1C2=C(CN(Cc3ccccc3)CC2)C(O)c2ccccc21. The minimum absolute atomic E-state index is 0.476. The van der Waals surface area contributed by atoms with Crippen LogP contribution in [0.25, 0.3) is 0 Å². The summed E-state index contributed by atoms with van der Waals surface area (Å²) in [4.78, 5) is 4.69. The number of benzene rings is 2. The number of fused-ring (bicyclic) bond motifs is 1. The Bertz CT molecular complexity index is 738. The summed E-state index contributed by atoms with van der Waals surface area (Å²) in [5.41, 5.74) is 5.94. The van der Waals surface area contributed by atoms with Gasteiger partial charge in [-0.1, -0.05) is 48.5 Å². The van der Waals surface area contributed by atoms with E-state index < -0.39 is 6.10 Å². The molecule has 0 aliphatic carbocycles. The molecule has 0 amide bonds. The van der Waals surface area contributed by atoms with E-state index in [9.17, 15) is 5.11 Å². The Morgan fingerprint density at radius 1 is 1.04 bits per heavy atom. The first-order valence-electron chi connectivity index (χ1n) is 8.23. The van der Waals surface area contributed by atoms with Crippen molar-refractivity contribution in [3.8, 4) is 0 Å². The third kappa shape index (κ3) is 2.56. The van der Waals surface area contributed by atoms with Gasteiger partial charge in [0.05, 0.1) is 0 Å². The molecule has 2 heterocycles. The second-order valence-electron chi connectivity index (χ2n) is 6.44. The van der Waals surface area contributed by atoms with Gasteiger partial charge >= 0.3 is 0 Å². The lowest BCUT2D eigenvalue weighted by molar-refractivity contribution is 0.178. The van der Waals surface area contributed by atoms with E-state index in [-0.39, 0.29) is 0 Å². The van der Waals surface area contributed by atoms with Crippen molar-refractivity contribution in [3.05, 3.63) is 77.0 Å². The highest BCUT2D eigenvalue weighted by molar-refractivity contribution is 5.64. The molecule has 1 N–H and O–H groups in total. The van der Waals surface area contributed by atoms with Crippen LogP contribution < -0.4 is 4.90 Å². The lowest BCUT2D eigenvalue weighted by atomic mass is 9.89. The van der Waals surface area contributed by atoms with Crippen molar-refractivity contribution in [1.82, 2.24) is 4.90 Å². The summed E-state index contributed by atoms with van der Waals surface area (Å²) in [6.45, 7) is 2.81. The fourth-order valence-electron chi connectivity index (χ4n) is 3.80. The number of para-hydroxylation sites is 1. The third-order valence-electron chi connectivity index (χ3n) is 5.01. The lowest BCUT2D eigenvalue weighted by Gasteiger charge is -2.41. The van der Waals surface area contributed by atoms with Gasteiger partial charge in [0.25, 0.3) is 0 Å². The van der Waals surface area contributed by atoms with E-state index in [1.165, 1.54) is 11.3 Å². The van der Waals surface area contributed by atoms with Crippen LogP contribution in [0.3, 0.4) is 0 Å². The molecule has 0 fully saturated rings. The van der Waals surface area contributed by atoms with Crippen LogP contribution in [0.15, 0.2) is 65.9 Å². The highest BCUT2D eigenvalue weighted by atomic mass is 16.3. The Balaban J connectivity index is 1.60. The van der Waals surface area contributed by atoms with E-state index in [1.807, 2.05) is 18.2 Å². The molecule has 0 aromatic heterocycles. The van der Waals surface area contributed by atoms with Crippen molar-refractivity contribution in [2.75, 3.05) is 25.0 Å². The quantitative estimate of drug-likeness (QED) is 0.922.